The molecule has 0 spiro atoms. The first kappa shape index (κ1) is 27.2. The molecule has 4 atom stereocenters. The molecule has 1 aromatic rings. The highest BCUT2D eigenvalue weighted by molar-refractivity contribution is 5.93. The van der Waals surface area contributed by atoms with E-state index in [1.54, 1.807) is 18.9 Å². The minimum Gasteiger partial charge on any atom is -0.347 e. The van der Waals surface area contributed by atoms with Gasteiger partial charge in [0.1, 0.15) is 12.1 Å². The highest BCUT2D eigenvalue weighted by Gasteiger charge is 2.41. The van der Waals surface area contributed by atoms with Gasteiger partial charge in [0.15, 0.2) is 0 Å². The maximum Gasteiger partial charge on any atom is 0.246 e. The summed E-state index contributed by atoms with van der Waals surface area (Å²) in [5.41, 5.74) is 2.29. The third-order valence-corrected chi connectivity index (χ3v) is 7.81. The average molecular weight is 485 g/mol. The Labute approximate surface area is 210 Å². The molecule has 1 heterocycles. The number of carbonyl (C=O) groups excluding carboxylic acids is 3. The Hall–Kier alpha value is -2.41. The van der Waals surface area contributed by atoms with E-state index in [0.717, 1.165) is 56.1 Å². The molecule has 1 saturated carbocycles. The summed E-state index contributed by atoms with van der Waals surface area (Å²) in [5.74, 6) is -0.239. The molecule has 0 radical (unpaired) electrons. The molecule has 194 valence electrons. The summed E-state index contributed by atoms with van der Waals surface area (Å²) in [5, 5.41) is 9.26. The van der Waals surface area contributed by atoms with E-state index < -0.39 is 12.1 Å². The van der Waals surface area contributed by atoms with E-state index in [4.69, 9.17) is 0 Å². The van der Waals surface area contributed by atoms with Crippen LogP contribution in [0.25, 0.3) is 0 Å². The van der Waals surface area contributed by atoms with Gasteiger partial charge in [-0.1, -0.05) is 56.9 Å². The summed E-state index contributed by atoms with van der Waals surface area (Å²) in [6.07, 6.45) is 8.43. The number of rotatable bonds is 10. The first-order valence-electron chi connectivity index (χ1n) is 13.5. The van der Waals surface area contributed by atoms with Gasteiger partial charge in [-0.2, -0.15) is 0 Å². The van der Waals surface area contributed by atoms with Crippen molar-refractivity contribution >= 4 is 17.7 Å². The number of hydrogen-bond donors (Lipinski definition) is 3. The summed E-state index contributed by atoms with van der Waals surface area (Å²) >= 11 is 0. The fourth-order valence-electron chi connectivity index (χ4n) is 5.58. The zero-order chi connectivity index (χ0) is 25.4. The molecule has 1 aliphatic heterocycles. The SMILES string of the molecule is CCCC(NC(=O)C1CCCN1C(=O)C(NC(=O)C(C)NC)C1CCCCC1)c1ccccc1C. The summed E-state index contributed by atoms with van der Waals surface area (Å²) in [6.45, 7) is 6.54. The van der Waals surface area contributed by atoms with Gasteiger partial charge in [-0.25, -0.2) is 0 Å². The molecule has 3 rings (SSSR count). The quantitative estimate of drug-likeness (QED) is 0.473. The largest absolute Gasteiger partial charge is 0.347 e. The van der Waals surface area contributed by atoms with E-state index in [9.17, 15) is 14.4 Å². The number of carbonyl (C=O) groups is 3. The minimum absolute atomic E-state index is 0.0726. The van der Waals surface area contributed by atoms with Crippen LogP contribution in [0, 0.1) is 12.8 Å². The monoisotopic (exact) mass is 484 g/mol. The molecule has 7 nitrogen and oxygen atoms in total. The maximum atomic E-state index is 13.9. The van der Waals surface area contributed by atoms with Crippen LogP contribution in [0.5, 0.6) is 0 Å². The van der Waals surface area contributed by atoms with Gasteiger partial charge >= 0.3 is 0 Å². The van der Waals surface area contributed by atoms with Crippen molar-refractivity contribution in [3.63, 3.8) is 0 Å². The van der Waals surface area contributed by atoms with Crippen LogP contribution in [0.4, 0.5) is 0 Å². The second kappa shape index (κ2) is 13.1. The Morgan fingerprint density at radius 1 is 1.03 bits per heavy atom. The van der Waals surface area contributed by atoms with Crippen molar-refractivity contribution in [1.29, 1.82) is 0 Å². The molecule has 4 unspecified atom stereocenters. The lowest BCUT2D eigenvalue weighted by molar-refractivity contribution is -0.143. The normalized spacial score (nSPS) is 21.3. The van der Waals surface area contributed by atoms with Crippen LogP contribution >= 0.6 is 0 Å². The standard InChI is InChI=1S/C28H44N4O3/c1-5-12-23(22-16-10-9-13-19(22)2)30-27(34)24-17-11-18-32(24)28(35)25(21-14-7-6-8-15-21)31-26(33)20(3)29-4/h9-10,13,16,20-21,23-25,29H,5-8,11-12,14-15,17-18H2,1-4H3,(H,30,34)(H,31,33). The van der Waals surface area contributed by atoms with E-state index in [1.807, 2.05) is 12.1 Å². The van der Waals surface area contributed by atoms with Crippen molar-refractivity contribution in [3.8, 4) is 0 Å². The second-order valence-electron chi connectivity index (χ2n) is 10.3. The van der Waals surface area contributed by atoms with Crippen LogP contribution in [0.1, 0.15) is 88.8 Å². The number of likely N-dealkylation sites (N-methyl/N-ethyl adjacent to an activating group) is 1. The van der Waals surface area contributed by atoms with Gasteiger partial charge in [-0.3, -0.25) is 14.4 Å². The van der Waals surface area contributed by atoms with Gasteiger partial charge in [0.05, 0.1) is 12.1 Å². The zero-order valence-electron chi connectivity index (χ0n) is 21.9. The Morgan fingerprint density at radius 2 is 1.74 bits per heavy atom. The number of hydrogen-bond acceptors (Lipinski definition) is 4. The van der Waals surface area contributed by atoms with Gasteiger partial charge in [-0.15, -0.1) is 0 Å². The second-order valence-corrected chi connectivity index (χ2v) is 10.3. The van der Waals surface area contributed by atoms with Crippen LogP contribution in [-0.2, 0) is 14.4 Å². The predicted molar refractivity (Wildman–Crippen MR) is 139 cm³/mol. The van der Waals surface area contributed by atoms with E-state index in [1.165, 1.54) is 6.42 Å². The van der Waals surface area contributed by atoms with E-state index in [2.05, 4.69) is 41.9 Å². The molecule has 2 fully saturated rings. The zero-order valence-corrected chi connectivity index (χ0v) is 21.9. The lowest BCUT2D eigenvalue weighted by Crippen LogP contribution is -2.58. The van der Waals surface area contributed by atoms with Gasteiger partial charge in [-0.05, 0) is 70.0 Å². The number of benzene rings is 1. The van der Waals surface area contributed by atoms with Gasteiger partial charge in [0, 0.05) is 6.54 Å². The van der Waals surface area contributed by atoms with Crippen molar-refractivity contribution in [2.45, 2.75) is 103 Å². The van der Waals surface area contributed by atoms with Crippen LogP contribution in [0.2, 0.25) is 0 Å². The molecule has 0 bridgehead atoms. The average Bonchev–Trinajstić information content (AvgIpc) is 3.37. The van der Waals surface area contributed by atoms with Gasteiger partial charge < -0.3 is 20.9 Å². The third kappa shape index (κ3) is 6.84. The Kier molecular flexibility index (Phi) is 10.1. The lowest BCUT2D eigenvalue weighted by atomic mass is 9.83. The highest BCUT2D eigenvalue weighted by atomic mass is 16.2. The Morgan fingerprint density at radius 3 is 2.40 bits per heavy atom. The fraction of sp³-hybridized carbons (Fsp3) is 0.679. The summed E-state index contributed by atoms with van der Waals surface area (Å²) < 4.78 is 0. The van der Waals surface area contributed by atoms with Crippen LogP contribution in [0.3, 0.4) is 0 Å². The molecule has 1 aliphatic carbocycles. The van der Waals surface area contributed by atoms with Gasteiger partial charge in [0.2, 0.25) is 17.7 Å². The first-order chi connectivity index (χ1) is 16.9. The van der Waals surface area contributed by atoms with Crippen LogP contribution in [0.15, 0.2) is 24.3 Å². The topological polar surface area (TPSA) is 90.5 Å². The number of nitrogens with zero attached hydrogens (tertiary/aromatic N) is 1. The highest BCUT2D eigenvalue weighted by Crippen LogP contribution is 2.30. The maximum absolute atomic E-state index is 13.9. The number of nitrogens with one attached hydrogen (secondary N) is 3. The summed E-state index contributed by atoms with van der Waals surface area (Å²) in [7, 11) is 1.74. The number of amides is 3. The van der Waals surface area contributed by atoms with Crippen LogP contribution < -0.4 is 16.0 Å². The molecule has 7 heteroatoms. The molecule has 1 aromatic carbocycles. The Balaban J connectivity index is 1.77. The smallest absolute Gasteiger partial charge is 0.246 e. The molecular formula is C28H44N4O3. The molecule has 35 heavy (non-hydrogen) atoms. The molecular weight excluding hydrogens is 440 g/mol. The van der Waals surface area contributed by atoms with E-state index in [-0.39, 0.29) is 35.7 Å². The number of likely N-dealkylation sites (tertiary alicyclic amines) is 1. The third-order valence-electron chi connectivity index (χ3n) is 7.81. The van der Waals surface area contributed by atoms with Crippen LogP contribution in [-0.4, -0.2) is 54.3 Å². The van der Waals surface area contributed by atoms with Crippen molar-refractivity contribution in [1.82, 2.24) is 20.9 Å². The predicted octanol–water partition coefficient (Wildman–Crippen LogP) is 3.62. The van der Waals surface area contributed by atoms with E-state index in [0.29, 0.717) is 13.0 Å². The van der Waals surface area contributed by atoms with E-state index >= 15 is 0 Å². The summed E-state index contributed by atoms with van der Waals surface area (Å²) in [4.78, 5) is 41.8. The molecule has 3 amide bonds. The first-order valence-corrected chi connectivity index (χ1v) is 13.5. The van der Waals surface area contributed by atoms with Crippen molar-refractivity contribution in [2.75, 3.05) is 13.6 Å². The van der Waals surface area contributed by atoms with Crippen molar-refractivity contribution in [2.24, 2.45) is 5.92 Å². The van der Waals surface area contributed by atoms with Gasteiger partial charge in [0.25, 0.3) is 0 Å². The fourth-order valence-corrected chi connectivity index (χ4v) is 5.58. The number of aryl methyl sites for hydroxylation is 1. The van der Waals surface area contributed by atoms with Crippen molar-refractivity contribution in [3.05, 3.63) is 35.4 Å². The summed E-state index contributed by atoms with van der Waals surface area (Å²) in [6, 6.07) is 6.64. The molecule has 0 aromatic heterocycles. The molecule has 2 aliphatic rings. The molecule has 3 N–H and O–H groups in total. The minimum atomic E-state index is -0.574. The molecule has 1 saturated heterocycles. The van der Waals surface area contributed by atoms with Crippen molar-refractivity contribution < 1.29 is 14.4 Å². The Bertz CT molecular complexity index is 868. The lowest BCUT2D eigenvalue weighted by Gasteiger charge is -2.35.